The van der Waals surface area contributed by atoms with Crippen LogP contribution in [0.2, 0.25) is 0 Å². The van der Waals surface area contributed by atoms with Crippen LogP contribution >= 0.6 is 11.5 Å². The quantitative estimate of drug-likeness (QED) is 0.940. The van der Waals surface area contributed by atoms with Gasteiger partial charge in [0.1, 0.15) is 10.6 Å². The van der Waals surface area contributed by atoms with E-state index in [1.807, 2.05) is 20.8 Å². The van der Waals surface area contributed by atoms with Crippen LogP contribution in [0, 0.1) is 0 Å². The molecule has 106 valence electrons. The SMILES string of the molecule is CCN(C(=O)c1snnc1C(C)C)c1cccc(O)c1. The second-order valence-electron chi connectivity index (χ2n) is 4.71. The minimum absolute atomic E-state index is 0.128. The fourth-order valence-corrected chi connectivity index (χ4v) is 2.72. The molecule has 2 aromatic rings. The Labute approximate surface area is 122 Å². The van der Waals surface area contributed by atoms with Gasteiger partial charge in [-0.2, -0.15) is 0 Å². The molecule has 1 aromatic heterocycles. The lowest BCUT2D eigenvalue weighted by Crippen LogP contribution is -2.30. The van der Waals surface area contributed by atoms with Gasteiger partial charge < -0.3 is 10.0 Å². The fraction of sp³-hybridized carbons (Fsp3) is 0.357. The van der Waals surface area contributed by atoms with Crippen LogP contribution in [0.4, 0.5) is 5.69 Å². The highest BCUT2D eigenvalue weighted by atomic mass is 32.1. The maximum atomic E-state index is 12.6. The van der Waals surface area contributed by atoms with Gasteiger partial charge in [0.05, 0.1) is 5.69 Å². The Bertz CT molecular complexity index is 610. The van der Waals surface area contributed by atoms with Crippen molar-refractivity contribution in [2.45, 2.75) is 26.7 Å². The smallest absolute Gasteiger partial charge is 0.271 e. The van der Waals surface area contributed by atoms with E-state index < -0.39 is 0 Å². The zero-order valence-electron chi connectivity index (χ0n) is 11.7. The number of hydrogen-bond donors (Lipinski definition) is 1. The van der Waals surface area contributed by atoms with Gasteiger partial charge in [-0.25, -0.2) is 0 Å². The highest BCUT2D eigenvalue weighted by Gasteiger charge is 2.24. The van der Waals surface area contributed by atoms with Gasteiger partial charge in [0.2, 0.25) is 0 Å². The average molecular weight is 291 g/mol. The first-order chi connectivity index (χ1) is 9.54. The van der Waals surface area contributed by atoms with Crippen molar-refractivity contribution in [2.24, 2.45) is 0 Å². The van der Waals surface area contributed by atoms with Gasteiger partial charge in [0, 0.05) is 18.3 Å². The number of aromatic hydroxyl groups is 1. The van der Waals surface area contributed by atoms with Crippen LogP contribution in [0.3, 0.4) is 0 Å². The summed E-state index contributed by atoms with van der Waals surface area (Å²) >= 11 is 1.11. The third kappa shape index (κ3) is 2.80. The first kappa shape index (κ1) is 14.5. The van der Waals surface area contributed by atoms with Crippen molar-refractivity contribution in [3.05, 3.63) is 34.8 Å². The molecule has 0 aliphatic heterocycles. The lowest BCUT2D eigenvalue weighted by atomic mass is 10.1. The van der Waals surface area contributed by atoms with Crippen LogP contribution in [0.1, 0.15) is 42.1 Å². The molecular weight excluding hydrogens is 274 g/mol. The number of hydrogen-bond acceptors (Lipinski definition) is 5. The number of phenols is 1. The Hall–Kier alpha value is -1.95. The van der Waals surface area contributed by atoms with Crippen LogP contribution < -0.4 is 4.90 Å². The summed E-state index contributed by atoms with van der Waals surface area (Å²) in [7, 11) is 0. The Morgan fingerprint density at radius 2 is 2.20 bits per heavy atom. The van der Waals surface area contributed by atoms with Crippen molar-refractivity contribution >= 4 is 23.1 Å². The highest BCUT2D eigenvalue weighted by molar-refractivity contribution is 7.08. The number of aromatic nitrogens is 2. The molecule has 1 aromatic carbocycles. The van der Waals surface area contributed by atoms with Gasteiger partial charge in [-0.3, -0.25) is 4.79 Å². The van der Waals surface area contributed by atoms with Crippen molar-refractivity contribution in [3.8, 4) is 5.75 Å². The Morgan fingerprint density at radius 3 is 2.80 bits per heavy atom. The maximum Gasteiger partial charge on any atom is 0.271 e. The van der Waals surface area contributed by atoms with Crippen molar-refractivity contribution in [2.75, 3.05) is 11.4 Å². The summed E-state index contributed by atoms with van der Waals surface area (Å²) in [5.41, 5.74) is 1.39. The van der Waals surface area contributed by atoms with Gasteiger partial charge in [-0.1, -0.05) is 24.4 Å². The molecule has 20 heavy (non-hydrogen) atoms. The molecule has 0 radical (unpaired) electrons. The lowest BCUT2D eigenvalue weighted by Gasteiger charge is -2.21. The van der Waals surface area contributed by atoms with Gasteiger partial charge in [-0.05, 0) is 36.5 Å². The minimum atomic E-state index is -0.128. The van der Waals surface area contributed by atoms with Crippen LogP contribution in [0.25, 0.3) is 0 Å². The first-order valence-corrected chi connectivity index (χ1v) is 7.25. The topological polar surface area (TPSA) is 66.3 Å². The third-order valence-electron chi connectivity index (χ3n) is 2.96. The molecule has 0 spiro atoms. The van der Waals surface area contributed by atoms with Gasteiger partial charge >= 0.3 is 0 Å². The second kappa shape index (κ2) is 6.00. The molecule has 1 amide bonds. The number of rotatable bonds is 4. The van der Waals surface area contributed by atoms with Gasteiger partial charge in [0.25, 0.3) is 5.91 Å². The number of benzene rings is 1. The fourth-order valence-electron chi connectivity index (χ4n) is 1.95. The standard InChI is InChI=1S/C14H17N3O2S/c1-4-17(10-6-5-7-11(18)8-10)14(19)13-12(9(2)3)15-16-20-13/h5-9,18H,4H2,1-3H3. The van der Waals surface area contributed by atoms with E-state index in [0.29, 0.717) is 17.1 Å². The van der Waals surface area contributed by atoms with E-state index in [1.165, 1.54) is 0 Å². The monoisotopic (exact) mass is 291 g/mol. The Morgan fingerprint density at radius 1 is 1.45 bits per heavy atom. The van der Waals surface area contributed by atoms with Crippen LogP contribution in [0.15, 0.2) is 24.3 Å². The van der Waals surface area contributed by atoms with E-state index in [4.69, 9.17) is 0 Å². The summed E-state index contributed by atoms with van der Waals surface area (Å²) in [5.74, 6) is 0.160. The van der Waals surface area contributed by atoms with Gasteiger partial charge in [0.15, 0.2) is 0 Å². The number of carbonyl (C=O) groups is 1. The molecule has 2 rings (SSSR count). The first-order valence-electron chi connectivity index (χ1n) is 6.47. The molecule has 5 nitrogen and oxygen atoms in total. The summed E-state index contributed by atoms with van der Waals surface area (Å²) in [6.45, 7) is 6.37. The van der Waals surface area contributed by atoms with Crippen LogP contribution in [-0.4, -0.2) is 27.1 Å². The predicted molar refractivity (Wildman–Crippen MR) is 79.5 cm³/mol. The maximum absolute atomic E-state index is 12.6. The largest absolute Gasteiger partial charge is 0.508 e. The van der Waals surface area contributed by atoms with E-state index in [2.05, 4.69) is 9.59 Å². The molecular formula is C14H17N3O2S. The van der Waals surface area contributed by atoms with E-state index in [0.717, 1.165) is 17.2 Å². The molecule has 0 aliphatic carbocycles. The van der Waals surface area contributed by atoms with E-state index in [9.17, 15) is 9.90 Å². The summed E-state index contributed by atoms with van der Waals surface area (Å²) in [6.07, 6.45) is 0. The molecule has 0 aliphatic rings. The zero-order valence-corrected chi connectivity index (χ0v) is 12.5. The number of phenolic OH excluding ortho intramolecular Hbond substituents is 1. The van der Waals surface area contributed by atoms with E-state index in [1.54, 1.807) is 29.2 Å². The molecule has 1 heterocycles. The van der Waals surface area contributed by atoms with Crippen molar-refractivity contribution < 1.29 is 9.90 Å². The van der Waals surface area contributed by atoms with Crippen LogP contribution in [-0.2, 0) is 0 Å². The molecule has 0 fully saturated rings. The highest BCUT2D eigenvalue weighted by Crippen LogP contribution is 2.26. The molecule has 6 heteroatoms. The zero-order chi connectivity index (χ0) is 14.7. The van der Waals surface area contributed by atoms with E-state index >= 15 is 0 Å². The average Bonchev–Trinajstić information content (AvgIpc) is 2.89. The molecule has 0 saturated heterocycles. The number of anilines is 1. The second-order valence-corrected chi connectivity index (χ2v) is 5.47. The summed E-state index contributed by atoms with van der Waals surface area (Å²) in [5, 5.41) is 13.6. The number of nitrogens with zero attached hydrogens (tertiary/aromatic N) is 3. The third-order valence-corrected chi connectivity index (χ3v) is 3.69. The minimum Gasteiger partial charge on any atom is -0.508 e. The van der Waals surface area contributed by atoms with Crippen molar-refractivity contribution in [3.63, 3.8) is 0 Å². The number of amides is 1. The van der Waals surface area contributed by atoms with E-state index in [-0.39, 0.29) is 17.6 Å². The van der Waals surface area contributed by atoms with Crippen LogP contribution in [0.5, 0.6) is 5.75 Å². The molecule has 0 atom stereocenters. The normalized spacial score (nSPS) is 10.8. The molecule has 1 N–H and O–H groups in total. The summed E-state index contributed by atoms with van der Waals surface area (Å²) < 4.78 is 3.89. The molecule has 0 saturated carbocycles. The Kier molecular flexibility index (Phi) is 4.34. The molecule has 0 unspecified atom stereocenters. The summed E-state index contributed by atoms with van der Waals surface area (Å²) in [4.78, 5) is 14.8. The van der Waals surface area contributed by atoms with Gasteiger partial charge in [-0.15, -0.1) is 5.10 Å². The summed E-state index contributed by atoms with van der Waals surface area (Å²) in [6, 6.07) is 6.67. The lowest BCUT2D eigenvalue weighted by molar-refractivity contribution is 0.0991. The molecule has 0 bridgehead atoms. The van der Waals surface area contributed by atoms with Crippen molar-refractivity contribution in [1.29, 1.82) is 0 Å². The number of carbonyl (C=O) groups excluding carboxylic acids is 1. The van der Waals surface area contributed by atoms with Crippen molar-refractivity contribution in [1.82, 2.24) is 9.59 Å². The Balaban J connectivity index is 2.37. The predicted octanol–water partition coefficient (Wildman–Crippen LogP) is 3.03.